The Labute approximate surface area is 138 Å². The molecular formula is C19H24N4. The van der Waals surface area contributed by atoms with Crippen molar-refractivity contribution in [3.05, 3.63) is 59.8 Å². The van der Waals surface area contributed by atoms with E-state index in [1.54, 1.807) is 6.20 Å². The molecule has 0 aliphatic carbocycles. The lowest BCUT2D eigenvalue weighted by molar-refractivity contribution is 0.432. The Hall–Kier alpha value is -2.20. The Kier molecular flexibility index (Phi) is 5.37. The van der Waals surface area contributed by atoms with Crippen molar-refractivity contribution in [2.75, 3.05) is 24.5 Å². The van der Waals surface area contributed by atoms with Crippen molar-refractivity contribution >= 4 is 11.9 Å². The minimum atomic E-state index is 0.505. The van der Waals surface area contributed by atoms with Crippen LogP contribution in [0.15, 0.2) is 54.2 Å². The fraction of sp³-hybridized carbons (Fsp3) is 0.368. The minimum absolute atomic E-state index is 0.505. The van der Waals surface area contributed by atoms with Crippen LogP contribution in [-0.4, -0.2) is 35.9 Å². The summed E-state index contributed by atoms with van der Waals surface area (Å²) in [7, 11) is 0. The van der Waals surface area contributed by atoms with Crippen LogP contribution in [0.2, 0.25) is 0 Å². The van der Waals surface area contributed by atoms with E-state index in [-0.39, 0.29) is 0 Å². The maximum absolute atomic E-state index is 4.22. The number of nitrogens with zero attached hydrogens (tertiary/aromatic N) is 3. The van der Waals surface area contributed by atoms with Gasteiger partial charge in [-0.15, -0.1) is 5.10 Å². The van der Waals surface area contributed by atoms with Crippen molar-refractivity contribution in [3.63, 3.8) is 0 Å². The zero-order chi connectivity index (χ0) is 15.9. The van der Waals surface area contributed by atoms with Crippen molar-refractivity contribution in [2.24, 2.45) is 0 Å². The van der Waals surface area contributed by atoms with Gasteiger partial charge in [-0.1, -0.05) is 42.0 Å². The first-order chi connectivity index (χ1) is 11.3. The van der Waals surface area contributed by atoms with Crippen LogP contribution in [0.3, 0.4) is 0 Å². The van der Waals surface area contributed by atoms with Gasteiger partial charge < -0.3 is 10.2 Å². The normalized spacial score (nSPS) is 18.9. The third-order valence-corrected chi connectivity index (χ3v) is 4.19. The summed E-state index contributed by atoms with van der Waals surface area (Å²) >= 11 is 0. The first-order valence-corrected chi connectivity index (χ1v) is 8.29. The van der Waals surface area contributed by atoms with E-state index < -0.39 is 0 Å². The third kappa shape index (κ3) is 4.63. The Morgan fingerprint density at radius 3 is 2.91 bits per heavy atom. The van der Waals surface area contributed by atoms with E-state index in [0.717, 1.165) is 25.5 Å². The monoisotopic (exact) mass is 308 g/mol. The van der Waals surface area contributed by atoms with Gasteiger partial charge in [0.2, 0.25) is 0 Å². The molecule has 0 bridgehead atoms. The van der Waals surface area contributed by atoms with Gasteiger partial charge in [0.25, 0.3) is 0 Å². The number of anilines is 1. The Morgan fingerprint density at radius 1 is 1.26 bits per heavy atom. The molecule has 1 aliphatic heterocycles. The van der Waals surface area contributed by atoms with Crippen LogP contribution in [0, 0.1) is 0 Å². The van der Waals surface area contributed by atoms with Gasteiger partial charge in [0.1, 0.15) is 0 Å². The molecule has 1 atom stereocenters. The van der Waals surface area contributed by atoms with Crippen LogP contribution in [0.1, 0.15) is 25.3 Å². The lowest BCUT2D eigenvalue weighted by Crippen LogP contribution is -2.46. The molecule has 1 aromatic carbocycles. The molecule has 1 N–H and O–H groups in total. The van der Waals surface area contributed by atoms with E-state index in [9.17, 15) is 0 Å². The quantitative estimate of drug-likeness (QED) is 0.921. The van der Waals surface area contributed by atoms with Crippen LogP contribution in [0.4, 0.5) is 5.82 Å². The van der Waals surface area contributed by atoms with Gasteiger partial charge in [0.15, 0.2) is 5.82 Å². The molecule has 1 saturated heterocycles. The summed E-state index contributed by atoms with van der Waals surface area (Å²) in [6.45, 7) is 5.17. The molecule has 0 amide bonds. The highest BCUT2D eigenvalue weighted by molar-refractivity contribution is 5.52. The summed E-state index contributed by atoms with van der Waals surface area (Å²) in [5.41, 5.74) is 2.62. The van der Waals surface area contributed by atoms with Gasteiger partial charge in [-0.3, -0.25) is 0 Å². The molecule has 0 radical (unpaired) electrons. The van der Waals surface area contributed by atoms with Gasteiger partial charge in [-0.05, 0) is 37.5 Å². The number of piperidine rings is 1. The van der Waals surface area contributed by atoms with Crippen molar-refractivity contribution in [2.45, 2.75) is 25.8 Å². The largest absolute Gasteiger partial charge is 0.354 e. The number of rotatable bonds is 5. The van der Waals surface area contributed by atoms with Crippen LogP contribution >= 0.6 is 0 Å². The number of hydrogen-bond acceptors (Lipinski definition) is 4. The summed E-state index contributed by atoms with van der Waals surface area (Å²) in [5, 5.41) is 11.9. The summed E-state index contributed by atoms with van der Waals surface area (Å²) in [4.78, 5) is 2.32. The summed E-state index contributed by atoms with van der Waals surface area (Å²) in [5.74, 6) is 0.982. The standard InChI is InChI=1S/C19H24N4/c1-16(13-17-7-3-2-4-8-17)14-20-18-9-6-12-23(15-18)19-10-5-11-21-22-19/h2-5,7-8,10-11,13,18,20H,6,9,12,14-15H2,1H3/b16-13-/t18-/m0/s1. The van der Waals surface area contributed by atoms with Crippen LogP contribution in [0.5, 0.6) is 0 Å². The number of aromatic nitrogens is 2. The average molecular weight is 308 g/mol. The van der Waals surface area contributed by atoms with E-state index in [4.69, 9.17) is 0 Å². The zero-order valence-electron chi connectivity index (χ0n) is 13.7. The predicted molar refractivity (Wildman–Crippen MR) is 95.4 cm³/mol. The number of hydrogen-bond donors (Lipinski definition) is 1. The van der Waals surface area contributed by atoms with Crippen molar-refractivity contribution in [1.82, 2.24) is 15.5 Å². The van der Waals surface area contributed by atoms with E-state index >= 15 is 0 Å². The van der Waals surface area contributed by atoms with Crippen LogP contribution in [0.25, 0.3) is 6.08 Å². The van der Waals surface area contributed by atoms with Crippen LogP contribution < -0.4 is 10.2 Å². The van der Waals surface area contributed by atoms with E-state index in [2.05, 4.69) is 57.7 Å². The van der Waals surface area contributed by atoms with E-state index in [0.29, 0.717) is 6.04 Å². The molecular weight excluding hydrogens is 284 g/mol. The van der Waals surface area contributed by atoms with Gasteiger partial charge >= 0.3 is 0 Å². The molecule has 1 aromatic heterocycles. The first-order valence-electron chi connectivity index (χ1n) is 8.29. The fourth-order valence-corrected chi connectivity index (χ4v) is 3.00. The first kappa shape index (κ1) is 15.7. The van der Waals surface area contributed by atoms with Gasteiger partial charge in [0, 0.05) is 31.9 Å². The highest BCUT2D eigenvalue weighted by Gasteiger charge is 2.20. The van der Waals surface area contributed by atoms with E-state index in [1.165, 1.54) is 24.0 Å². The second-order valence-electron chi connectivity index (χ2n) is 6.15. The maximum Gasteiger partial charge on any atom is 0.151 e. The lowest BCUT2D eigenvalue weighted by atomic mass is 10.0. The molecule has 0 spiro atoms. The van der Waals surface area contributed by atoms with Gasteiger partial charge in [-0.25, -0.2) is 0 Å². The lowest BCUT2D eigenvalue weighted by Gasteiger charge is -2.33. The third-order valence-electron chi connectivity index (χ3n) is 4.19. The second-order valence-corrected chi connectivity index (χ2v) is 6.15. The summed E-state index contributed by atoms with van der Waals surface area (Å²) in [6, 6.07) is 15.0. The van der Waals surface area contributed by atoms with Crippen LogP contribution in [-0.2, 0) is 0 Å². The molecule has 1 aliphatic rings. The number of nitrogens with one attached hydrogen (secondary N) is 1. The Balaban J connectivity index is 1.53. The molecule has 0 unspecified atom stereocenters. The molecule has 23 heavy (non-hydrogen) atoms. The SMILES string of the molecule is C/C(=C/c1ccccc1)CN[C@H]1CCCN(c2cccnn2)C1. The highest BCUT2D eigenvalue weighted by atomic mass is 15.3. The molecule has 120 valence electrons. The highest BCUT2D eigenvalue weighted by Crippen LogP contribution is 2.17. The maximum atomic E-state index is 4.22. The topological polar surface area (TPSA) is 41.0 Å². The fourth-order valence-electron chi connectivity index (χ4n) is 3.00. The number of benzene rings is 1. The van der Waals surface area contributed by atoms with Crippen molar-refractivity contribution in [1.29, 1.82) is 0 Å². The average Bonchev–Trinajstić information content (AvgIpc) is 2.62. The van der Waals surface area contributed by atoms with Gasteiger partial charge in [-0.2, -0.15) is 5.10 Å². The van der Waals surface area contributed by atoms with Gasteiger partial charge in [0.05, 0.1) is 0 Å². The van der Waals surface area contributed by atoms with E-state index in [1.807, 2.05) is 18.2 Å². The Morgan fingerprint density at radius 2 is 2.13 bits per heavy atom. The Bertz CT molecular complexity index is 624. The predicted octanol–water partition coefficient (Wildman–Crippen LogP) is 3.14. The molecule has 2 heterocycles. The van der Waals surface area contributed by atoms with Crippen molar-refractivity contribution in [3.8, 4) is 0 Å². The molecule has 4 heteroatoms. The molecule has 0 saturated carbocycles. The molecule has 1 fully saturated rings. The molecule has 2 aromatic rings. The second kappa shape index (κ2) is 7.88. The smallest absolute Gasteiger partial charge is 0.151 e. The summed E-state index contributed by atoms with van der Waals surface area (Å²) < 4.78 is 0. The zero-order valence-corrected chi connectivity index (χ0v) is 13.7. The molecule has 3 rings (SSSR count). The molecule has 4 nitrogen and oxygen atoms in total. The van der Waals surface area contributed by atoms with Crippen molar-refractivity contribution < 1.29 is 0 Å². The summed E-state index contributed by atoms with van der Waals surface area (Å²) in [6.07, 6.45) is 6.38. The minimum Gasteiger partial charge on any atom is -0.354 e.